The summed E-state index contributed by atoms with van der Waals surface area (Å²) in [5.74, 6) is 0.277. The fourth-order valence-electron chi connectivity index (χ4n) is 2.29. The summed E-state index contributed by atoms with van der Waals surface area (Å²) >= 11 is 0. The van der Waals surface area contributed by atoms with E-state index in [9.17, 15) is 5.11 Å². The number of carbonyl (C=O) groups is 1. The van der Waals surface area contributed by atoms with Gasteiger partial charge >= 0.3 is 0 Å². The highest BCUT2D eigenvalue weighted by Gasteiger charge is 2.05. The summed E-state index contributed by atoms with van der Waals surface area (Å²) in [6.07, 6.45) is 1.91. The third kappa shape index (κ3) is 5.10. The van der Waals surface area contributed by atoms with Gasteiger partial charge in [0, 0.05) is 24.9 Å². The van der Waals surface area contributed by atoms with E-state index < -0.39 is 5.97 Å². The standard InChI is InChI=1S/C17H17N3O.C2H4O2/c1-12-10-14(11-13(2)17(12)21)18-16-8-9-20(19-16)15-6-4-3-5-7-15;1-2(3)4/h3-11,21H,1-2H3,(H,18,19);1H3,(H,3,4). The van der Waals surface area contributed by atoms with Crippen LogP contribution in [0.4, 0.5) is 11.5 Å². The molecular formula is C19H21N3O3. The van der Waals surface area contributed by atoms with Crippen molar-refractivity contribution >= 4 is 17.5 Å². The highest BCUT2D eigenvalue weighted by Crippen LogP contribution is 2.27. The van der Waals surface area contributed by atoms with Gasteiger partial charge in [0.1, 0.15) is 5.75 Å². The first kappa shape index (κ1) is 18.1. The summed E-state index contributed by atoms with van der Waals surface area (Å²) in [5.41, 5.74) is 3.63. The van der Waals surface area contributed by atoms with Gasteiger partial charge in [0.15, 0.2) is 5.82 Å². The third-order valence-electron chi connectivity index (χ3n) is 3.37. The van der Waals surface area contributed by atoms with E-state index in [1.165, 1.54) is 0 Å². The summed E-state index contributed by atoms with van der Waals surface area (Å²) in [6.45, 7) is 4.85. The molecule has 0 aliphatic carbocycles. The van der Waals surface area contributed by atoms with Crippen LogP contribution >= 0.6 is 0 Å². The van der Waals surface area contributed by atoms with Gasteiger partial charge in [-0.1, -0.05) is 18.2 Å². The first-order valence-electron chi connectivity index (χ1n) is 7.74. The molecule has 25 heavy (non-hydrogen) atoms. The maximum atomic E-state index is 9.80. The Balaban J connectivity index is 0.000000511. The summed E-state index contributed by atoms with van der Waals surface area (Å²) < 4.78 is 1.82. The molecule has 0 saturated heterocycles. The topological polar surface area (TPSA) is 87.4 Å². The minimum atomic E-state index is -0.833. The lowest BCUT2D eigenvalue weighted by Crippen LogP contribution is -1.97. The second-order valence-corrected chi connectivity index (χ2v) is 5.58. The van der Waals surface area contributed by atoms with E-state index in [1.807, 2.05) is 73.3 Å². The fourth-order valence-corrected chi connectivity index (χ4v) is 2.29. The van der Waals surface area contributed by atoms with Crippen LogP contribution in [0.1, 0.15) is 18.1 Å². The van der Waals surface area contributed by atoms with E-state index in [2.05, 4.69) is 10.4 Å². The predicted octanol–water partition coefficient (Wildman–Crippen LogP) is 4.03. The quantitative estimate of drug-likeness (QED) is 0.627. The van der Waals surface area contributed by atoms with E-state index in [0.29, 0.717) is 5.75 Å². The van der Waals surface area contributed by atoms with Gasteiger partial charge in [-0.25, -0.2) is 4.68 Å². The highest BCUT2D eigenvalue weighted by atomic mass is 16.4. The zero-order valence-electron chi connectivity index (χ0n) is 14.4. The van der Waals surface area contributed by atoms with Crippen LogP contribution in [0.25, 0.3) is 5.69 Å². The number of nitrogens with one attached hydrogen (secondary N) is 1. The molecule has 0 amide bonds. The van der Waals surface area contributed by atoms with Crippen LogP contribution in [0, 0.1) is 13.8 Å². The largest absolute Gasteiger partial charge is 0.507 e. The van der Waals surface area contributed by atoms with Crippen molar-refractivity contribution in [3.63, 3.8) is 0 Å². The molecule has 0 spiro atoms. The molecule has 130 valence electrons. The fraction of sp³-hybridized carbons (Fsp3) is 0.158. The van der Waals surface area contributed by atoms with Crippen LogP contribution in [0.2, 0.25) is 0 Å². The molecule has 3 rings (SSSR count). The van der Waals surface area contributed by atoms with E-state index >= 15 is 0 Å². The van der Waals surface area contributed by atoms with Gasteiger partial charge in [-0.05, 0) is 49.2 Å². The molecule has 0 atom stereocenters. The number of hydrogen-bond donors (Lipinski definition) is 3. The molecule has 0 aliphatic heterocycles. The molecule has 0 aliphatic rings. The Morgan fingerprint density at radius 2 is 1.64 bits per heavy atom. The van der Waals surface area contributed by atoms with Gasteiger partial charge in [-0.3, -0.25) is 4.79 Å². The van der Waals surface area contributed by atoms with Crippen LogP contribution in [0.3, 0.4) is 0 Å². The number of aromatic hydroxyl groups is 1. The van der Waals surface area contributed by atoms with Gasteiger partial charge in [0.2, 0.25) is 0 Å². The molecule has 1 heterocycles. The molecule has 0 radical (unpaired) electrons. The monoisotopic (exact) mass is 339 g/mol. The Kier molecular flexibility index (Phi) is 5.79. The van der Waals surface area contributed by atoms with Crippen LogP contribution in [-0.4, -0.2) is 26.0 Å². The Hall–Kier alpha value is -3.28. The van der Waals surface area contributed by atoms with Crippen molar-refractivity contribution in [2.45, 2.75) is 20.8 Å². The van der Waals surface area contributed by atoms with Crippen LogP contribution in [-0.2, 0) is 4.79 Å². The molecule has 0 saturated carbocycles. The number of aryl methyl sites for hydroxylation is 2. The van der Waals surface area contributed by atoms with Gasteiger partial charge in [0.05, 0.1) is 5.69 Å². The molecule has 0 bridgehead atoms. The molecule has 0 unspecified atom stereocenters. The first-order chi connectivity index (χ1) is 11.9. The molecule has 3 aromatic rings. The second kappa shape index (κ2) is 8.01. The smallest absolute Gasteiger partial charge is 0.300 e. The molecule has 0 fully saturated rings. The molecule has 6 nitrogen and oxygen atoms in total. The number of aliphatic carboxylic acids is 1. The Morgan fingerprint density at radius 3 is 2.20 bits per heavy atom. The van der Waals surface area contributed by atoms with Crippen LogP contribution < -0.4 is 5.32 Å². The minimum absolute atomic E-state index is 0.343. The van der Waals surface area contributed by atoms with Crippen molar-refractivity contribution in [1.29, 1.82) is 0 Å². The van der Waals surface area contributed by atoms with Crippen LogP contribution in [0.5, 0.6) is 5.75 Å². The number of anilines is 2. The SMILES string of the molecule is CC(=O)O.Cc1cc(Nc2ccn(-c3ccccc3)n2)cc(C)c1O. The number of hydrogen-bond acceptors (Lipinski definition) is 4. The van der Waals surface area contributed by atoms with Gasteiger partial charge < -0.3 is 15.5 Å². The van der Waals surface area contributed by atoms with Crippen LogP contribution in [0.15, 0.2) is 54.7 Å². The summed E-state index contributed by atoms with van der Waals surface area (Å²) in [4.78, 5) is 9.00. The van der Waals surface area contributed by atoms with Crippen molar-refractivity contribution in [3.05, 3.63) is 65.9 Å². The first-order valence-corrected chi connectivity index (χ1v) is 7.74. The molecule has 6 heteroatoms. The third-order valence-corrected chi connectivity index (χ3v) is 3.37. The number of carboxylic acids is 1. The number of aromatic nitrogens is 2. The van der Waals surface area contributed by atoms with E-state index in [1.54, 1.807) is 0 Å². The zero-order chi connectivity index (χ0) is 18.4. The Labute approximate surface area is 146 Å². The number of benzene rings is 2. The van der Waals surface area contributed by atoms with Crippen molar-refractivity contribution in [2.24, 2.45) is 0 Å². The van der Waals surface area contributed by atoms with E-state index in [4.69, 9.17) is 9.90 Å². The maximum absolute atomic E-state index is 9.80. The molecule has 3 N–H and O–H groups in total. The van der Waals surface area contributed by atoms with Crippen molar-refractivity contribution < 1.29 is 15.0 Å². The number of nitrogens with zero attached hydrogens (tertiary/aromatic N) is 2. The van der Waals surface area contributed by atoms with Gasteiger partial charge in [-0.2, -0.15) is 5.10 Å². The average molecular weight is 339 g/mol. The normalized spacial score (nSPS) is 9.88. The van der Waals surface area contributed by atoms with Gasteiger partial charge in [-0.15, -0.1) is 0 Å². The zero-order valence-corrected chi connectivity index (χ0v) is 14.4. The number of rotatable bonds is 3. The lowest BCUT2D eigenvalue weighted by molar-refractivity contribution is -0.134. The maximum Gasteiger partial charge on any atom is 0.300 e. The van der Waals surface area contributed by atoms with Crippen molar-refractivity contribution in [2.75, 3.05) is 5.32 Å². The minimum Gasteiger partial charge on any atom is -0.507 e. The van der Waals surface area contributed by atoms with Gasteiger partial charge in [0.25, 0.3) is 5.97 Å². The molecule has 2 aromatic carbocycles. The Bertz CT molecular complexity index is 830. The number of phenols is 1. The number of phenolic OH excluding ortho intramolecular Hbond substituents is 1. The van der Waals surface area contributed by atoms with Crippen molar-refractivity contribution in [3.8, 4) is 11.4 Å². The highest BCUT2D eigenvalue weighted by molar-refractivity contribution is 5.63. The number of carboxylic acid groups (broad SMARTS) is 1. The number of para-hydroxylation sites is 1. The molecular weight excluding hydrogens is 318 g/mol. The van der Waals surface area contributed by atoms with Crippen molar-refractivity contribution in [1.82, 2.24) is 9.78 Å². The summed E-state index contributed by atoms with van der Waals surface area (Å²) in [6, 6.07) is 15.7. The lowest BCUT2D eigenvalue weighted by atomic mass is 10.1. The predicted molar refractivity (Wildman–Crippen MR) is 97.7 cm³/mol. The Morgan fingerprint density at radius 1 is 1.08 bits per heavy atom. The average Bonchev–Trinajstić information content (AvgIpc) is 3.01. The van der Waals surface area contributed by atoms with E-state index in [-0.39, 0.29) is 0 Å². The van der Waals surface area contributed by atoms with E-state index in [0.717, 1.165) is 35.2 Å². The molecule has 1 aromatic heterocycles. The second-order valence-electron chi connectivity index (χ2n) is 5.58. The summed E-state index contributed by atoms with van der Waals surface area (Å²) in [7, 11) is 0. The lowest BCUT2D eigenvalue weighted by Gasteiger charge is -2.08. The summed E-state index contributed by atoms with van der Waals surface area (Å²) in [5, 5.41) is 25.0.